The lowest BCUT2D eigenvalue weighted by molar-refractivity contribution is 0.419. The highest BCUT2D eigenvalue weighted by Crippen LogP contribution is 2.30. The predicted octanol–water partition coefficient (Wildman–Crippen LogP) is 5.44. The minimum Gasteiger partial charge on any atom is -0.494 e. The molecular weight excluding hydrogens is 367 g/mol. The van der Waals surface area contributed by atoms with Crippen molar-refractivity contribution in [2.75, 3.05) is 17.7 Å². The maximum absolute atomic E-state index is 13.8. The minimum atomic E-state index is -0.312. The monoisotopic (exact) mass is 388 g/mol. The van der Waals surface area contributed by atoms with E-state index in [0.717, 1.165) is 16.5 Å². The van der Waals surface area contributed by atoms with Gasteiger partial charge in [-0.25, -0.2) is 9.37 Å². The number of hydrogen-bond donors (Lipinski definition) is 2. The molecule has 3 aromatic carbocycles. The van der Waals surface area contributed by atoms with Gasteiger partial charge < -0.3 is 15.4 Å². The third kappa shape index (κ3) is 4.27. The number of aromatic nitrogens is 2. The molecule has 0 radical (unpaired) electrons. The highest BCUT2D eigenvalue weighted by atomic mass is 19.1. The molecule has 0 aliphatic heterocycles. The lowest BCUT2D eigenvalue weighted by Gasteiger charge is -2.14. The zero-order chi connectivity index (χ0) is 20.2. The molecule has 6 heteroatoms. The molecule has 4 aromatic rings. The van der Waals surface area contributed by atoms with E-state index < -0.39 is 0 Å². The van der Waals surface area contributed by atoms with E-state index in [0.29, 0.717) is 35.3 Å². The Bertz CT molecular complexity index is 1130. The summed E-state index contributed by atoms with van der Waals surface area (Å²) in [6.45, 7) is 2.45. The first-order valence-corrected chi connectivity index (χ1v) is 9.29. The first-order chi connectivity index (χ1) is 14.1. The second-order valence-corrected chi connectivity index (χ2v) is 6.73. The Balaban J connectivity index is 1.74. The van der Waals surface area contributed by atoms with Gasteiger partial charge in [-0.15, -0.1) is 0 Å². The Kier molecular flexibility index (Phi) is 5.24. The van der Waals surface area contributed by atoms with Gasteiger partial charge in [0.05, 0.1) is 7.11 Å². The van der Waals surface area contributed by atoms with Gasteiger partial charge in [0.25, 0.3) is 0 Å². The largest absolute Gasteiger partial charge is 0.494 e. The Hall–Kier alpha value is -3.67. The number of aryl methyl sites for hydroxylation is 1. The van der Waals surface area contributed by atoms with E-state index >= 15 is 0 Å². The van der Waals surface area contributed by atoms with Gasteiger partial charge in [-0.3, -0.25) is 0 Å². The van der Waals surface area contributed by atoms with Crippen LogP contribution < -0.4 is 15.4 Å². The van der Waals surface area contributed by atoms with Crippen molar-refractivity contribution in [3.63, 3.8) is 0 Å². The molecule has 0 bridgehead atoms. The summed E-state index contributed by atoms with van der Waals surface area (Å²) < 4.78 is 19.3. The number of para-hydroxylation sites is 1. The van der Waals surface area contributed by atoms with Crippen molar-refractivity contribution in [2.24, 2.45) is 0 Å². The van der Waals surface area contributed by atoms with E-state index in [2.05, 4.69) is 20.6 Å². The van der Waals surface area contributed by atoms with Gasteiger partial charge in [0, 0.05) is 17.6 Å². The summed E-state index contributed by atoms with van der Waals surface area (Å²) >= 11 is 0. The Morgan fingerprint density at radius 2 is 1.79 bits per heavy atom. The van der Waals surface area contributed by atoms with Gasteiger partial charge in [0.1, 0.15) is 22.9 Å². The smallest absolute Gasteiger partial charge is 0.229 e. The van der Waals surface area contributed by atoms with Crippen LogP contribution in [0.3, 0.4) is 0 Å². The number of nitrogens with one attached hydrogen (secondary N) is 2. The molecule has 0 spiro atoms. The van der Waals surface area contributed by atoms with Crippen molar-refractivity contribution in [1.29, 1.82) is 0 Å². The van der Waals surface area contributed by atoms with Crippen LogP contribution in [0.5, 0.6) is 5.75 Å². The SMILES string of the molecule is COc1cccc2c(NCc3ccccc3)nc(Nc3cc(C)cc(F)c3)nc12. The van der Waals surface area contributed by atoms with Crippen LogP contribution in [0.25, 0.3) is 10.9 Å². The third-order valence-electron chi connectivity index (χ3n) is 4.51. The van der Waals surface area contributed by atoms with Crippen molar-refractivity contribution in [2.45, 2.75) is 13.5 Å². The summed E-state index contributed by atoms with van der Waals surface area (Å²) in [4.78, 5) is 9.24. The molecular formula is C23H21FN4O. The molecule has 0 unspecified atom stereocenters. The number of halogens is 1. The Morgan fingerprint density at radius 1 is 0.966 bits per heavy atom. The van der Waals surface area contributed by atoms with Gasteiger partial charge in [-0.1, -0.05) is 36.4 Å². The lowest BCUT2D eigenvalue weighted by atomic mass is 10.2. The third-order valence-corrected chi connectivity index (χ3v) is 4.51. The molecule has 0 aliphatic rings. The molecule has 1 aromatic heterocycles. The number of nitrogens with zero attached hydrogens (tertiary/aromatic N) is 2. The maximum Gasteiger partial charge on any atom is 0.229 e. The fourth-order valence-corrected chi connectivity index (χ4v) is 3.20. The van der Waals surface area contributed by atoms with Crippen molar-refractivity contribution in [3.05, 3.63) is 83.7 Å². The highest BCUT2D eigenvalue weighted by Gasteiger charge is 2.12. The van der Waals surface area contributed by atoms with Crippen molar-refractivity contribution < 1.29 is 9.13 Å². The van der Waals surface area contributed by atoms with Gasteiger partial charge in [-0.2, -0.15) is 4.98 Å². The molecule has 1 heterocycles. The number of fused-ring (bicyclic) bond motifs is 1. The molecule has 0 atom stereocenters. The number of ether oxygens (including phenoxy) is 1. The number of benzene rings is 3. The normalized spacial score (nSPS) is 10.7. The summed E-state index contributed by atoms with van der Waals surface area (Å²) in [7, 11) is 1.61. The van der Waals surface area contributed by atoms with Crippen LogP contribution in [0.2, 0.25) is 0 Å². The van der Waals surface area contributed by atoms with Crippen LogP contribution in [0.15, 0.2) is 66.7 Å². The standard InChI is InChI=1S/C23H21FN4O/c1-15-11-17(24)13-18(12-15)26-23-27-21-19(9-6-10-20(21)29-2)22(28-23)25-14-16-7-4-3-5-8-16/h3-13H,14H2,1-2H3,(H2,25,26,27,28). The minimum absolute atomic E-state index is 0.312. The molecule has 0 saturated carbocycles. The summed E-state index contributed by atoms with van der Waals surface area (Å²) in [6, 6.07) is 20.5. The molecule has 0 amide bonds. The zero-order valence-corrected chi connectivity index (χ0v) is 16.2. The van der Waals surface area contributed by atoms with Crippen LogP contribution in [0.4, 0.5) is 21.8 Å². The van der Waals surface area contributed by atoms with Crippen LogP contribution >= 0.6 is 0 Å². The first kappa shape index (κ1) is 18.7. The number of methoxy groups -OCH3 is 1. The Labute approximate surface area is 168 Å². The summed E-state index contributed by atoms with van der Waals surface area (Å²) in [5, 5.41) is 7.34. The summed E-state index contributed by atoms with van der Waals surface area (Å²) in [5.74, 6) is 1.37. The fraction of sp³-hybridized carbons (Fsp3) is 0.130. The number of hydrogen-bond acceptors (Lipinski definition) is 5. The molecule has 146 valence electrons. The van der Waals surface area contributed by atoms with Crippen molar-refractivity contribution in [3.8, 4) is 5.75 Å². The topological polar surface area (TPSA) is 59.1 Å². The van der Waals surface area contributed by atoms with Gasteiger partial charge in [0.2, 0.25) is 5.95 Å². The average molecular weight is 388 g/mol. The molecule has 0 fully saturated rings. The maximum atomic E-state index is 13.8. The second-order valence-electron chi connectivity index (χ2n) is 6.73. The lowest BCUT2D eigenvalue weighted by Crippen LogP contribution is -2.06. The summed E-state index contributed by atoms with van der Waals surface area (Å²) in [5.41, 5.74) is 3.22. The van der Waals surface area contributed by atoms with Gasteiger partial charge >= 0.3 is 0 Å². The molecule has 2 N–H and O–H groups in total. The first-order valence-electron chi connectivity index (χ1n) is 9.29. The van der Waals surface area contributed by atoms with E-state index in [1.165, 1.54) is 12.1 Å². The average Bonchev–Trinajstić information content (AvgIpc) is 2.71. The Morgan fingerprint density at radius 3 is 2.55 bits per heavy atom. The van der Waals surface area contributed by atoms with Crippen molar-refractivity contribution in [1.82, 2.24) is 9.97 Å². The van der Waals surface area contributed by atoms with Gasteiger partial charge in [0.15, 0.2) is 0 Å². The quantitative estimate of drug-likeness (QED) is 0.460. The van der Waals surface area contributed by atoms with Crippen LogP contribution in [-0.4, -0.2) is 17.1 Å². The van der Waals surface area contributed by atoms with E-state index in [9.17, 15) is 4.39 Å². The molecule has 0 saturated heterocycles. The second kappa shape index (κ2) is 8.14. The van der Waals surface area contributed by atoms with Gasteiger partial charge in [-0.05, 0) is 48.4 Å². The molecule has 5 nitrogen and oxygen atoms in total. The van der Waals surface area contributed by atoms with E-state index in [1.54, 1.807) is 7.11 Å². The van der Waals surface area contributed by atoms with Crippen LogP contribution in [0.1, 0.15) is 11.1 Å². The zero-order valence-electron chi connectivity index (χ0n) is 16.2. The molecule has 29 heavy (non-hydrogen) atoms. The van der Waals surface area contributed by atoms with Crippen LogP contribution in [0, 0.1) is 12.7 Å². The predicted molar refractivity (Wildman–Crippen MR) is 114 cm³/mol. The summed E-state index contributed by atoms with van der Waals surface area (Å²) in [6.07, 6.45) is 0. The molecule has 0 aliphatic carbocycles. The van der Waals surface area contributed by atoms with E-state index in [1.807, 2.05) is 61.5 Å². The van der Waals surface area contributed by atoms with E-state index in [-0.39, 0.29) is 5.82 Å². The highest BCUT2D eigenvalue weighted by molar-refractivity contribution is 5.94. The number of rotatable bonds is 6. The van der Waals surface area contributed by atoms with E-state index in [4.69, 9.17) is 4.74 Å². The van der Waals surface area contributed by atoms with Crippen LogP contribution in [-0.2, 0) is 6.54 Å². The fourth-order valence-electron chi connectivity index (χ4n) is 3.20. The molecule has 4 rings (SSSR count). The number of anilines is 3. The van der Waals surface area contributed by atoms with Crippen molar-refractivity contribution >= 4 is 28.4 Å².